The van der Waals surface area contributed by atoms with Gasteiger partial charge in [0.25, 0.3) is 0 Å². The molecule has 1 aromatic rings. The standard InChI is InChI=1S/C16H23NO2/c1-16(2)10-6-9-13(16)15(19)17-14(11-18)12-7-4-3-5-8-12/h3-5,7-8,13-14,18H,6,9-11H2,1-2H3,(H,17,19). The van der Waals surface area contributed by atoms with Gasteiger partial charge in [-0.3, -0.25) is 4.79 Å². The first-order chi connectivity index (χ1) is 9.04. The molecule has 1 aliphatic carbocycles. The Morgan fingerprint density at radius 1 is 1.42 bits per heavy atom. The molecule has 0 bridgehead atoms. The third-order valence-corrected chi connectivity index (χ3v) is 4.27. The molecule has 1 saturated carbocycles. The lowest BCUT2D eigenvalue weighted by molar-refractivity contribution is -0.128. The quantitative estimate of drug-likeness (QED) is 0.875. The van der Waals surface area contributed by atoms with Crippen molar-refractivity contribution in [3.05, 3.63) is 35.9 Å². The average molecular weight is 261 g/mol. The second-order valence-electron chi connectivity index (χ2n) is 6.09. The predicted molar refractivity (Wildman–Crippen MR) is 75.5 cm³/mol. The van der Waals surface area contributed by atoms with Crippen molar-refractivity contribution in [2.75, 3.05) is 6.61 Å². The topological polar surface area (TPSA) is 49.3 Å². The van der Waals surface area contributed by atoms with E-state index in [1.165, 1.54) is 0 Å². The van der Waals surface area contributed by atoms with Crippen molar-refractivity contribution < 1.29 is 9.90 Å². The lowest BCUT2D eigenvalue weighted by Crippen LogP contribution is -2.39. The minimum Gasteiger partial charge on any atom is -0.394 e. The third-order valence-electron chi connectivity index (χ3n) is 4.27. The number of benzene rings is 1. The Labute approximate surface area is 115 Å². The highest BCUT2D eigenvalue weighted by molar-refractivity contribution is 5.80. The zero-order valence-corrected chi connectivity index (χ0v) is 11.7. The minimum absolute atomic E-state index is 0.0604. The Balaban J connectivity index is 2.05. The lowest BCUT2D eigenvalue weighted by Gasteiger charge is -2.28. The summed E-state index contributed by atoms with van der Waals surface area (Å²) in [6.45, 7) is 4.24. The van der Waals surface area contributed by atoms with Crippen LogP contribution in [0.4, 0.5) is 0 Å². The number of hydrogen-bond acceptors (Lipinski definition) is 2. The second kappa shape index (κ2) is 5.74. The SMILES string of the molecule is CC1(C)CCCC1C(=O)NC(CO)c1ccccc1. The zero-order chi connectivity index (χ0) is 13.9. The van der Waals surface area contributed by atoms with E-state index in [0.717, 1.165) is 24.8 Å². The molecule has 104 valence electrons. The molecule has 0 radical (unpaired) electrons. The van der Waals surface area contributed by atoms with E-state index < -0.39 is 0 Å². The van der Waals surface area contributed by atoms with Gasteiger partial charge in [0.2, 0.25) is 5.91 Å². The summed E-state index contributed by atoms with van der Waals surface area (Å²) in [5.41, 5.74) is 1.02. The van der Waals surface area contributed by atoms with Crippen molar-refractivity contribution in [1.29, 1.82) is 0 Å². The zero-order valence-electron chi connectivity index (χ0n) is 11.7. The smallest absolute Gasteiger partial charge is 0.224 e. The first-order valence-corrected chi connectivity index (χ1v) is 7.01. The number of carbonyl (C=O) groups excluding carboxylic acids is 1. The van der Waals surface area contributed by atoms with Crippen molar-refractivity contribution in [2.45, 2.75) is 39.2 Å². The van der Waals surface area contributed by atoms with Crippen LogP contribution in [0.3, 0.4) is 0 Å². The van der Waals surface area contributed by atoms with Crippen LogP contribution in [0, 0.1) is 11.3 Å². The van der Waals surface area contributed by atoms with Crippen molar-refractivity contribution in [1.82, 2.24) is 5.32 Å². The normalized spacial score (nSPS) is 23.0. The molecular weight excluding hydrogens is 238 g/mol. The highest BCUT2D eigenvalue weighted by atomic mass is 16.3. The average Bonchev–Trinajstić information content (AvgIpc) is 2.76. The fourth-order valence-electron chi connectivity index (χ4n) is 3.00. The molecule has 3 heteroatoms. The van der Waals surface area contributed by atoms with Crippen LogP contribution in [0.5, 0.6) is 0 Å². The predicted octanol–water partition coefficient (Wildman–Crippen LogP) is 2.66. The van der Waals surface area contributed by atoms with Gasteiger partial charge < -0.3 is 10.4 Å². The second-order valence-corrected chi connectivity index (χ2v) is 6.09. The Morgan fingerprint density at radius 2 is 2.11 bits per heavy atom. The molecular formula is C16H23NO2. The molecule has 0 aliphatic heterocycles. The summed E-state index contributed by atoms with van der Waals surface area (Å²) in [6, 6.07) is 9.33. The molecule has 2 unspecified atom stereocenters. The van der Waals surface area contributed by atoms with E-state index in [9.17, 15) is 9.90 Å². The molecule has 0 saturated heterocycles. The van der Waals surface area contributed by atoms with Gasteiger partial charge in [-0.25, -0.2) is 0 Å². The number of nitrogens with one attached hydrogen (secondary N) is 1. The monoisotopic (exact) mass is 261 g/mol. The maximum Gasteiger partial charge on any atom is 0.224 e. The molecule has 0 heterocycles. The minimum atomic E-state index is -0.301. The molecule has 0 aromatic heterocycles. The van der Waals surface area contributed by atoms with Crippen LogP contribution in [-0.2, 0) is 4.79 Å². The Bertz CT molecular complexity index is 428. The molecule has 2 rings (SSSR count). The van der Waals surface area contributed by atoms with Crippen LogP contribution in [0.2, 0.25) is 0 Å². The number of amides is 1. The van der Waals surface area contributed by atoms with Crippen LogP contribution in [0.1, 0.15) is 44.7 Å². The first kappa shape index (κ1) is 14.1. The largest absolute Gasteiger partial charge is 0.394 e. The summed E-state index contributed by atoms with van der Waals surface area (Å²) in [7, 11) is 0. The first-order valence-electron chi connectivity index (χ1n) is 7.01. The number of aliphatic hydroxyl groups is 1. The number of carbonyl (C=O) groups is 1. The highest BCUT2D eigenvalue weighted by Gasteiger charge is 2.39. The van der Waals surface area contributed by atoms with Crippen molar-refractivity contribution >= 4 is 5.91 Å². The van der Waals surface area contributed by atoms with Gasteiger partial charge in [-0.2, -0.15) is 0 Å². The van der Waals surface area contributed by atoms with Gasteiger partial charge in [0.1, 0.15) is 0 Å². The Morgan fingerprint density at radius 3 is 2.63 bits per heavy atom. The van der Waals surface area contributed by atoms with Gasteiger partial charge >= 0.3 is 0 Å². The van der Waals surface area contributed by atoms with Gasteiger partial charge in [-0.05, 0) is 23.8 Å². The van der Waals surface area contributed by atoms with E-state index in [4.69, 9.17) is 0 Å². The van der Waals surface area contributed by atoms with Crippen molar-refractivity contribution in [3.63, 3.8) is 0 Å². The molecule has 0 spiro atoms. The van der Waals surface area contributed by atoms with E-state index in [1.807, 2.05) is 30.3 Å². The third kappa shape index (κ3) is 3.16. The Kier molecular flexibility index (Phi) is 4.25. The van der Waals surface area contributed by atoms with Gasteiger partial charge in [-0.15, -0.1) is 0 Å². The Hall–Kier alpha value is -1.35. The summed E-state index contributed by atoms with van der Waals surface area (Å²) in [4.78, 5) is 12.4. The molecule has 19 heavy (non-hydrogen) atoms. The van der Waals surface area contributed by atoms with E-state index >= 15 is 0 Å². The van der Waals surface area contributed by atoms with E-state index in [0.29, 0.717) is 0 Å². The van der Waals surface area contributed by atoms with Crippen LogP contribution in [0.25, 0.3) is 0 Å². The van der Waals surface area contributed by atoms with Crippen LogP contribution < -0.4 is 5.32 Å². The molecule has 3 nitrogen and oxygen atoms in total. The molecule has 1 amide bonds. The summed E-state index contributed by atoms with van der Waals surface area (Å²) < 4.78 is 0. The van der Waals surface area contributed by atoms with E-state index in [-0.39, 0.29) is 29.9 Å². The maximum atomic E-state index is 12.4. The molecule has 1 fully saturated rings. The number of rotatable bonds is 4. The highest BCUT2D eigenvalue weighted by Crippen LogP contribution is 2.42. The van der Waals surface area contributed by atoms with E-state index in [1.54, 1.807) is 0 Å². The fraction of sp³-hybridized carbons (Fsp3) is 0.562. The molecule has 1 aromatic carbocycles. The van der Waals surface area contributed by atoms with Gasteiger partial charge in [0.05, 0.1) is 12.6 Å². The van der Waals surface area contributed by atoms with Crippen LogP contribution in [0.15, 0.2) is 30.3 Å². The molecule has 2 atom stereocenters. The van der Waals surface area contributed by atoms with Gasteiger partial charge in [0, 0.05) is 5.92 Å². The molecule has 1 aliphatic rings. The van der Waals surface area contributed by atoms with Gasteiger partial charge in [-0.1, -0.05) is 50.6 Å². The van der Waals surface area contributed by atoms with Crippen molar-refractivity contribution in [3.8, 4) is 0 Å². The molecule has 2 N–H and O–H groups in total. The van der Waals surface area contributed by atoms with E-state index in [2.05, 4.69) is 19.2 Å². The summed E-state index contributed by atoms with van der Waals surface area (Å²) >= 11 is 0. The number of aliphatic hydroxyl groups excluding tert-OH is 1. The summed E-state index contributed by atoms with van der Waals surface area (Å²) in [5.74, 6) is 0.135. The summed E-state index contributed by atoms with van der Waals surface area (Å²) in [5, 5.41) is 12.5. The lowest BCUT2D eigenvalue weighted by atomic mass is 9.81. The van der Waals surface area contributed by atoms with Gasteiger partial charge in [0.15, 0.2) is 0 Å². The number of hydrogen-bond donors (Lipinski definition) is 2. The fourth-order valence-corrected chi connectivity index (χ4v) is 3.00. The van der Waals surface area contributed by atoms with Crippen molar-refractivity contribution in [2.24, 2.45) is 11.3 Å². The summed E-state index contributed by atoms with van der Waals surface area (Å²) in [6.07, 6.45) is 3.16. The van der Waals surface area contributed by atoms with Crippen LogP contribution in [-0.4, -0.2) is 17.6 Å². The maximum absolute atomic E-state index is 12.4. The van der Waals surface area contributed by atoms with Crippen LogP contribution >= 0.6 is 0 Å².